The van der Waals surface area contributed by atoms with Crippen LogP contribution in [0.2, 0.25) is 0 Å². The molecule has 2 aromatic heterocycles. The van der Waals surface area contributed by atoms with Crippen LogP contribution in [-0.2, 0) is 0 Å². The number of aromatic nitrogens is 3. The fraction of sp³-hybridized carbons (Fsp3) is 0.286. The maximum atomic E-state index is 13.5. The van der Waals surface area contributed by atoms with Gasteiger partial charge in [0.2, 0.25) is 5.92 Å². The zero-order valence-electron chi connectivity index (χ0n) is 15.7. The largest absolute Gasteiger partial charge is 0.478 e. The standard InChI is InChI=1S/C21H20F2N4O2/c1-13-11-27(12-25-13)18-7-6-17(10-24-18)26-19(16-8-21(22,23)9-16)14-2-4-15(5-3-14)20(28)29/h2-7,10-12,16,19,26H,8-9H2,1H3,(H,28,29). The van der Waals surface area contributed by atoms with Gasteiger partial charge >= 0.3 is 5.97 Å². The number of hydrogen-bond acceptors (Lipinski definition) is 4. The van der Waals surface area contributed by atoms with E-state index in [-0.39, 0.29) is 30.4 Å². The summed E-state index contributed by atoms with van der Waals surface area (Å²) in [7, 11) is 0. The quantitative estimate of drug-likeness (QED) is 0.640. The number of benzene rings is 1. The van der Waals surface area contributed by atoms with Crippen LogP contribution < -0.4 is 5.32 Å². The van der Waals surface area contributed by atoms with Crippen molar-refractivity contribution >= 4 is 11.7 Å². The molecule has 6 nitrogen and oxygen atoms in total. The maximum Gasteiger partial charge on any atom is 0.335 e. The van der Waals surface area contributed by atoms with Crippen LogP contribution in [-0.4, -0.2) is 31.5 Å². The predicted molar refractivity (Wildman–Crippen MR) is 104 cm³/mol. The SMILES string of the molecule is Cc1cn(-c2ccc(NC(c3ccc(C(=O)O)cc3)C3CC(F)(F)C3)cn2)cn1. The summed E-state index contributed by atoms with van der Waals surface area (Å²) < 4.78 is 28.8. The number of anilines is 1. The van der Waals surface area contributed by atoms with Crippen LogP contribution in [0.5, 0.6) is 0 Å². The highest BCUT2D eigenvalue weighted by molar-refractivity contribution is 5.87. The van der Waals surface area contributed by atoms with E-state index in [4.69, 9.17) is 5.11 Å². The minimum absolute atomic E-state index is 0.160. The van der Waals surface area contributed by atoms with Gasteiger partial charge in [-0.15, -0.1) is 0 Å². The maximum absolute atomic E-state index is 13.5. The lowest BCUT2D eigenvalue weighted by atomic mass is 9.74. The molecule has 4 rings (SSSR count). The summed E-state index contributed by atoms with van der Waals surface area (Å²) in [5, 5.41) is 12.4. The highest BCUT2D eigenvalue weighted by atomic mass is 19.3. The summed E-state index contributed by atoms with van der Waals surface area (Å²) in [5.74, 6) is -3.22. The second-order valence-corrected chi connectivity index (χ2v) is 7.40. The second-order valence-electron chi connectivity index (χ2n) is 7.40. The Morgan fingerprint density at radius 2 is 1.93 bits per heavy atom. The summed E-state index contributed by atoms with van der Waals surface area (Å²) in [6, 6.07) is 9.64. The number of carbonyl (C=O) groups is 1. The van der Waals surface area contributed by atoms with E-state index >= 15 is 0 Å². The molecule has 2 heterocycles. The number of pyridine rings is 1. The molecule has 2 N–H and O–H groups in total. The lowest BCUT2D eigenvalue weighted by Gasteiger charge is -2.41. The van der Waals surface area contributed by atoms with Crippen LogP contribution in [0.25, 0.3) is 5.82 Å². The Morgan fingerprint density at radius 3 is 2.45 bits per heavy atom. The fourth-order valence-corrected chi connectivity index (χ4v) is 3.60. The first-order valence-electron chi connectivity index (χ1n) is 9.25. The minimum Gasteiger partial charge on any atom is -0.478 e. The molecule has 1 unspecified atom stereocenters. The number of hydrogen-bond donors (Lipinski definition) is 2. The van der Waals surface area contributed by atoms with Crippen molar-refractivity contribution in [2.45, 2.75) is 31.7 Å². The lowest BCUT2D eigenvalue weighted by Crippen LogP contribution is -2.41. The normalized spacial score (nSPS) is 16.8. The molecule has 8 heteroatoms. The van der Waals surface area contributed by atoms with E-state index in [9.17, 15) is 13.6 Å². The number of carboxylic acids is 1. The van der Waals surface area contributed by atoms with Gasteiger partial charge in [-0.25, -0.2) is 23.5 Å². The molecule has 0 radical (unpaired) electrons. The van der Waals surface area contributed by atoms with E-state index in [1.807, 2.05) is 25.3 Å². The highest BCUT2D eigenvalue weighted by Crippen LogP contribution is 2.49. The number of halogens is 2. The Morgan fingerprint density at radius 1 is 1.21 bits per heavy atom. The Kier molecular flexibility index (Phi) is 4.77. The van der Waals surface area contributed by atoms with E-state index in [0.717, 1.165) is 11.3 Å². The van der Waals surface area contributed by atoms with Crippen molar-refractivity contribution in [1.82, 2.24) is 14.5 Å². The van der Waals surface area contributed by atoms with Crippen molar-refractivity contribution in [2.75, 3.05) is 5.32 Å². The molecule has 1 aliphatic rings. The molecule has 0 amide bonds. The van der Waals surface area contributed by atoms with Crippen molar-refractivity contribution in [3.8, 4) is 5.82 Å². The number of nitrogens with zero attached hydrogens (tertiary/aromatic N) is 3. The van der Waals surface area contributed by atoms with Crippen LogP contribution in [0.1, 0.15) is 40.5 Å². The first-order chi connectivity index (χ1) is 13.8. The van der Waals surface area contributed by atoms with E-state index in [0.29, 0.717) is 11.5 Å². The molecule has 29 heavy (non-hydrogen) atoms. The molecule has 0 bridgehead atoms. The molecular formula is C21H20F2N4O2. The van der Waals surface area contributed by atoms with Crippen LogP contribution >= 0.6 is 0 Å². The monoisotopic (exact) mass is 398 g/mol. The lowest BCUT2D eigenvalue weighted by molar-refractivity contribution is -0.115. The van der Waals surface area contributed by atoms with Crippen LogP contribution in [0, 0.1) is 12.8 Å². The third-order valence-corrected chi connectivity index (χ3v) is 5.16. The topological polar surface area (TPSA) is 80.0 Å². The van der Waals surface area contributed by atoms with Gasteiger partial charge in [-0.1, -0.05) is 12.1 Å². The Balaban J connectivity index is 1.56. The zero-order valence-corrected chi connectivity index (χ0v) is 15.7. The number of rotatable bonds is 6. The van der Waals surface area contributed by atoms with E-state index in [1.165, 1.54) is 12.1 Å². The molecule has 0 aliphatic heterocycles. The van der Waals surface area contributed by atoms with Gasteiger partial charge in [-0.05, 0) is 42.7 Å². The van der Waals surface area contributed by atoms with Gasteiger partial charge in [0.25, 0.3) is 0 Å². The smallest absolute Gasteiger partial charge is 0.335 e. The Labute approximate surface area is 166 Å². The summed E-state index contributed by atoms with van der Waals surface area (Å²) >= 11 is 0. The number of aromatic carboxylic acids is 1. The second kappa shape index (κ2) is 7.27. The van der Waals surface area contributed by atoms with Crippen molar-refractivity contribution in [1.29, 1.82) is 0 Å². The van der Waals surface area contributed by atoms with Gasteiger partial charge in [0.05, 0.1) is 29.2 Å². The third kappa shape index (κ3) is 4.11. The summed E-state index contributed by atoms with van der Waals surface area (Å²) in [6.45, 7) is 1.89. The van der Waals surface area contributed by atoms with Crippen molar-refractivity contribution < 1.29 is 18.7 Å². The van der Waals surface area contributed by atoms with Gasteiger partial charge in [0.1, 0.15) is 12.1 Å². The minimum atomic E-state index is -2.65. The molecule has 1 saturated carbocycles. The molecule has 1 atom stereocenters. The number of imidazole rings is 1. The molecule has 0 spiro atoms. The van der Waals surface area contributed by atoms with Gasteiger partial charge < -0.3 is 10.4 Å². The summed E-state index contributed by atoms with van der Waals surface area (Å²) in [4.78, 5) is 19.7. The molecule has 1 fully saturated rings. The van der Waals surface area contributed by atoms with Gasteiger partial charge in [-0.3, -0.25) is 4.57 Å². The number of alkyl halides is 2. The first-order valence-corrected chi connectivity index (χ1v) is 9.25. The molecule has 1 aliphatic carbocycles. The molecular weight excluding hydrogens is 378 g/mol. The van der Waals surface area contributed by atoms with Gasteiger partial charge in [0.15, 0.2) is 0 Å². The van der Waals surface area contributed by atoms with Crippen molar-refractivity contribution in [2.24, 2.45) is 5.92 Å². The van der Waals surface area contributed by atoms with Gasteiger partial charge in [-0.2, -0.15) is 0 Å². The molecule has 1 aromatic carbocycles. The van der Waals surface area contributed by atoms with E-state index in [1.54, 1.807) is 29.2 Å². The summed E-state index contributed by atoms with van der Waals surface area (Å²) in [5.41, 5.74) is 2.51. The number of carboxylic acid groups (broad SMARTS) is 1. The average molecular weight is 398 g/mol. The zero-order chi connectivity index (χ0) is 20.6. The van der Waals surface area contributed by atoms with Gasteiger partial charge in [0, 0.05) is 19.0 Å². The van der Waals surface area contributed by atoms with Crippen molar-refractivity contribution in [3.05, 3.63) is 71.9 Å². The molecule has 150 valence electrons. The fourth-order valence-electron chi connectivity index (χ4n) is 3.60. The van der Waals surface area contributed by atoms with Crippen molar-refractivity contribution in [3.63, 3.8) is 0 Å². The number of nitrogens with one attached hydrogen (secondary N) is 1. The third-order valence-electron chi connectivity index (χ3n) is 5.16. The highest BCUT2D eigenvalue weighted by Gasteiger charge is 2.48. The average Bonchev–Trinajstić information content (AvgIpc) is 3.11. The molecule has 0 saturated heterocycles. The molecule has 3 aromatic rings. The van der Waals surface area contributed by atoms with E-state index < -0.39 is 11.9 Å². The van der Waals surface area contributed by atoms with Crippen LogP contribution in [0.3, 0.4) is 0 Å². The Hall–Kier alpha value is -3.29. The van der Waals surface area contributed by atoms with Crippen LogP contribution in [0.4, 0.5) is 14.5 Å². The predicted octanol–water partition coefficient (Wildman–Crippen LogP) is 4.47. The first kappa shape index (κ1) is 19.0. The Bertz CT molecular complexity index is 1010. The van der Waals surface area contributed by atoms with Crippen LogP contribution in [0.15, 0.2) is 55.1 Å². The number of aryl methyl sites for hydroxylation is 1. The van der Waals surface area contributed by atoms with E-state index in [2.05, 4.69) is 15.3 Å². The summed E-state index contributed by atoms with van der Waals surface area (Å²) in [6.07, 6.45) is 4.78.